The normalized spacial score (nSPS) is 25.2. The predicted octanol–water partition coefficient (Wildman–Crippen LogP) is 2.75. The third-order valence-electron chi connectivity index (χ3n) is 4.85. The van der Waals surface area contributed by atoms with Crippen LogP contribution in [-0.4, -0.2) is 17.6 Å². The molecule has 0 fully saturated rings. The number of rotatable bonds is 2. The van der Waals surface area contributed by atoms with Crippen LogP contribution in [0.2, 0.25) is 0 Å². The Kier molecular flexibility index (Phi) is 3.24. The second-order valence-corrected chi connectivity index (χ2v) is 6.01. The number of hydrogen-bond acceptors (Lipinski definition) is 3. The highest BCUT2D eigenvalue weighted by Gasteiger charge is 2.36. The fourth-order valence-corrected chi connectivity index (χ4v) is 3.77. The Balaban J connectivity index is 1.66. The average molecular weight is 280 g/mol. The summed E-state index contributed by atoms with van der Waals surface area (Å²) < 4.78 is 6.04. The molecule has 0 saturated heterocycles. The van der Waals surface area contributed by atoms with Crippen LogP contribution in [0.15, 0.2) is 42.6 Å². The molecule has 1 aliphatic carbocycles. The van der Waals surface area contributed by atoms with Crippen molar-refractivity contribution in [3.8, 4) is 0 Å². The lowest BCUT2D eigenvalue weighted by Gasteiger charge is -2.33. The number of benzene rings is 1. The number of hydrogen-bond donors (Lipinski definition) is 1. The number of fused-ring (bicyclic) bond motifs is 2. The number of ether oxygens (including phenoxy) is 1. The Morgan fingerprint density at radius 3 is 2.90 bits per heavy atom. The van der Waals surface area contributed by atoms with E-state index >= 15 is 0 Å². The van der Waals surface area contributed by atoms with Crippen molar-refractivity contribution in [1.82, 2.24) is 4.98 Å². The molecule has 0 radical (unpaired) electrons. The van der Waals surface area contributed by atoms with Gasteiger partial charge in [0.25, 0.3) is 0 Å². The first-order valence-electron chi connectivity index (χ1n) is 7.73. The van der Waals surface area contributed by atoms with Gasteiger partial charge in [0.05, 0.1) is 12.7 Å². The van der Waals surface area contributed by atoms with E-state index in [1.165, 1.54) is 22.4 Å². The van der Waals surface area contributed by atoms with Crippen molar-refractivity contribution in [3.63, 3.8) is 0 Å². The summed E-state index contributed by atoms with van der Waals surface area (Å²) in [6.45, 7) is 0.761. The standard InChI is InChI=1S/C18H20N2O/c19-16(15-8-7-13-5-3-10-20-17(13)15)18-14-6-2-1-4-12(14)9-11-21-18/h1-6,10,15-16,18H,7-9,11,19H2. The predicted molar refractivity (Wildman–Crippen MR) is 82.1 cm³/mol. The molecule has 1 aromatic heterocycles. The zero-order valence-electron chi connectivity index (χ0n) is 12.0. The third-order valence-corrected chi connectivity index (χ3v) is 4.85. The second-order valence-electron chi connectivity index (χ2n) is 6.01. The topological polar surface area (TPSA) is 48.1 Å². The molecule has 108 valence electrons. The molecule has 3 unspecified atom stereocenters. The summed E-state index contributed by atoms with van der Waals surface area (Å²) in [5.41, 5.74) is 11.8. The highest BCUT2D eigenvalue weighted by atomic mass is 16.5. The van der Waals surface area contributed by atoms with E-state index in [0.717, 1.165) is 25.9 Å². The van der Waals surface area contributed by atoms with Crippen molar-refractivity contribution in [2.45, 2.75) is 37.3 Å². The SMILES string of the molecule is NC(C1CCc2cccnc21)C1OCCc2ccccc21. The molecule has 0 bridgehead atoms. The van der Waals surface area contributed by atoms with Crippen LogP contribution in [0, 0.1) is 0 Å². The molecular weight excluding hydrogens is 260 g/mol. The first kappa shape index (κ1) is 13.0. The van der Waals surface area contributed by atoms with Gasteiger partial charge in [-0.25, -0.2) is 0 Å². The van der Waals surface area contributed by atoms with Gasteiger partial charge in [-0.3, -0.25) is 4.98 Å². The van der Waals surface area contributed by atoms with Crippen LogP contribution in [0.4, 0.5) is 0 Å². The van der Waals surface area contributed by atoms with E-state index < -0.39 is 0 Å². The summed E-state index contributed by atoms with van der Waals surface area (Å²) in [7, 11) is 0. The molecule has 2 heterocycles. The van der Waals surface area contributed by atoms with E-state index in [0.29, 0.717) is 5.92 Å². The Bertz CT molecular complexity index is 655. The van der Waals surface area contributed by atoms with E-state index in [2.05, 4.69) is 35.3 Å². The maximum atomic E-state index is 6.62. The molecular formula is C18H20N2O. The van der Waals surface area contributed by atoms with E-state index in [4.69, 9.17) is 10.5 Å². The van der Waals surface area contributed by atoms with Crippen molar-refractivity contribution in [2.75, 3.05) is 6.61 Å². The smallest absolute Gasteiger partial charge is 0.0985 e. The Labute approximate surface area is 125 Å². The van der Waals surface area contributed by atoms with Gasteiger partial charge in [-0.1, -0.05) is 30.3 Å². The summed E-state index contributed by atoms with van der Waals surface area (Å²) in [6, 6.07) is 12.7. The molecule has 0 amide bonds. The maximum absolute atomic E-state index is 6.62. The second kappa shape index (κ2) is 5.24. The summed E-state index contributed by atoms with van der Waals surface area (Å²) in [5, 5.41) is 0. The molecule has 4 rings (SSSR count). The van der Waals surface area contributed by atoms with Gasteiger partial charge in [0.2, 0.25) is 0 Å². The van der Waals surface area contributed by atoms with Gasteiger partial charge in [0.1, 0.15) is 0 Å². The summed E-state index contributed by atoms with van der Waals surface area (Å²) >= 11 is 0. The summed E-state index contributed by atoms with van der Waals surface area (Å²) in [6.07, 6.45) is 5.01. The quantitative estimate of drug-likeness (QED) is 0.920. The molecule has 21 heavy (non-hydrogen) atoms. The lowest BCUT2D eigenvalue weighted by atomic mass is 9.86. The Morgan fingerprint density at radius 1 is 1.10 bits per heavy atom. The minimum Gasteiger partial charge on any atom is -0.372 e. The molecule has 1 aromatic carbocycles. The minimum absolute atomic E-state index is 0.00657. The zero-order valence-corrected chi connectivity index (χ0v) is 12.0. The maximum Gasteiger partial charge on any atom is 0.0985 e. The third kappa shape index (κ3) is 2.17. The monoisotopic (exact) mass is 280 g/mol. The van der Waals surface area contributed by atoms with Crippen molar-refractivity contribution >= 4 is 0 Å². The van der Waals surface area contributed by atoms with Crippen LogP contribution in [0.1, 0.15) is 40.8 Å². The summed E-state index contributed by atoms with van der Waals surface area (Å²) in [4.78, 5) is 4.58. The lowest BCUT2D eigenvalue weighted by molar-refractivity contribution is 0.0181. The first-order chi connectivity index (χ1) is 10.3. The Morgan fingerprint density at radius 2 is 1.95 bits per heavy atom. The van der Waals surface area contributed by atoms with Crippen molar-refractivity contribution in [2.24, 2.45) is 5.73 Å². The first-order valence-corrected chi connectivity index (χ1v) is 7.73. The van der Waals surface area contributed by atoms with Gasteiger partial charge in [0, 0.05) is 23.9 Å². The highest BCUT2D eigenvalue weighted by Crippen LogP contribution is 2.40. The van der Waals surface area contributed by atoms with Gasteiger partial charge in [-0.05, 0) is 42.0 Å². The van der Waals surface area contributed by atoms with Crippen molar-refractivity contribution in [1.29, 1.82) is 0 Å². The average Bonchev–Trinajstić information content (AvgIpc) is 2.98. The van der Waals surface area contributed by atoms with Crippen LogP contribution in [0.5, 0.6) is 0 Å². The van der Waals surface area contributed by atoms with Gasteiger partial charge in [-0.15, -0.1) is 0 Å². The number of nitrogens with zero attached hydrogens (tertiary/aromatic N) is 1. The van der Waals surface area contributed by atoms with Crippen LogP contribution >= 0.6 is 0 Å². The molecule has 0 spiro atoms. The zero-order chi connectivity index (χ0) is 14.2. The molecule has 3 nitrogen and oxygen atoms in total. The molecule has 0 saturated carbocycles. The number of nitrogens with two attached hydrogens (primary N) is 1. The lowest BCUT2D eigenvalue weighted by Crippen LogP contribution is -2.38. The van der Waals surface area contributed by atoms with E-state index in [1.807, 2.05) is 12.3 Å². The Hall–Kier alpha value is -1.71. The van der Waals surface area contributed by atoms with E-state index in [9.17, 15) is 0 Å². The molecule has 3 atom stereocenters. The molecule has 2 N–H and O–H groups in total. The fourth-order valence-electron chi connectivity index (χ4n) is 3.77. The number of aromatic nitrogens is 1. The highest BCUT2D eigenvalue weighted by molar-refractivity contribution is 5.35. The largest absolute Gasteiger partial charge is 0.372 e. The summed E-state index contributed by atoms with van der Waals surface area (Å²) in [5.74, 6) is 0.303. The van der Waals surface area contributed by atoms with Gasteiger partial charge in [-0.2, -0.15) is 0 Å². The molecule has 1 aliphatic heterocycles. The van der Waals surface area contributed by atoms with Crippen LogP contribution in [-0.2, 0) is 17.6 Å². The molecule has 2 aromatic rings. The minimum atomic E-state index is -0.0254. The van der Waals surface area contributed by atoms with Gasteiger partial charge < -0.3 is 10.5 Å². The van der Waals surface area contributed by atoms with E-state index in [1.54, 1.807) is 0 Å². The molecule has 3 heteroatoms. The molecule has 2 aliphatic rings. The number of aryl methyl sites for hydroxylation is 1. The fraction of sp³-hybridized carbons (Fsp3) is 0.389. The van der Waals surface area contributed by atoms with Crippen molar-refractivity contribution < 1.29 is 4.74 Å². The van der Waals surface area contributed by atoms with Gasteiger partial charge in [0.15, 0.2) is 0 Å². The number of pyridine rings is 1. The van der Waals surface area contributed by atoms with Crippen LogP contribution < -0.4 is 5.73 Å². The van der Waals surface area contributed by atoms with Crippen LogP contribution in [0.25, 0.3) is 0 Å². The van der Waals surface area contributed by atoms with E-state index in [-0.39, 0.29) is 12.1 Å². The van der Waals surface area contributed by atoms with Crippen LogP contribution in [0.3, 0.4) is 0 Å². The van der Waals surface area contributed by atoms with Gasteiger partial charge >= 0.3 is 0 Å². The van der Waals surface area contributed by atoms with Crippen molar-refractivity contribution in [3.05, 3.63) is 65.0 Å².